The van der Waals surface area contributed by atoms with Crippen LogP contribution in [0.15, 0.2) is 67.7 Å². The highest BCUT2D eigenvalue weighted by Crippen LogP contribution is 2.38. The summed E-state index contributed by atoms with van der Waals surface area (Å²) in [5.41, 5.74) is 6.66. The lowest BCUT2D eigenvalue weighted by atomic mass is 10.2. The molecular formula is C19H16Br2N4O2. The third kappa shape index (κ3) is 5.33. The highest BCUT2D eigenvalue weighted by atomic mass is 79.9. The normalized spacial score (nSPS) is 18.6. The van der Waals surface area contributed by atoms with Crippen molar-refractivity contribution in [3.05, 3.63) is 68.6 Å². The summed E-state index contributed by atoms with van der Waals surface area (Å²) in [6.45, 7) is 0. The van der Waals surface area contributed by atoms with Gasteiger partial charge in [-0.2, -0.15) is 10.2 Å². The number of carbonyl (C=O) groups excluding carboxylic acids is 2. The number of benzene rings is 2. The minimum absolute atomic E-state index is 0.270. The van der Waals surface area contributed by atoms with E-state index >= 15 is 0 Å². The molecule has 6 nitrogen and oxygen atoms in total. The van der Waals surface area contributed by atoms with E-state index in [1.807, 2.05) is 48.5 Å². The van der Waals surface area contributed by atoms with Crippen LogP contribution in [0.3, 0.4) is 0 Å². The summed E-state index contributed by atoms with van der Waals surface area (Å²) in [6.07, 6.45) is 3.61. The Labute approximate surface area is 173 Å². The molecule has 2 atom stereocenters. The Balaban J connectivity index is 1.46. The van der Waals surface area contributed by atoms with Crippen LogP contribution in [0.4, 0.5) is 0 Å². The highest BCUT2D eigenvalue weighted by Gasteiger charge is 2.48. The standard InChI is InChI=1S/C19H16Br2N4O2/c20-16-7-3-1-5-12(16)10-22-24-18(26)14-9-15(14)19(27)25-23-11-13-6-2-4-8-17(13)21/h1-8,10-11,14-15H,9H2,(H,24,26)(H,25,27)/b22-10-,23-11-/t14-,15-/m0/s1. The fourth-order valence-electron chi connectivity index (χ4n) is 2.43. The smallest absolute Gasteiger partial charge is 0.244 e. The van der Waals surface area contributed by atoms with Crippen molar-refractivity contribution in [3.63, 3.8) is 0 Å². The molecule has 27 heavy (non-hydrogen) atoms. The summed E-state index contributed by atoms with van der Waals surface area (Å²) in [5.74, 6) is -1.29. The van der Waals surface area contributed by atoms with Crippen molar-refractivity contribution in [2.75, 3.05) is 0 Å². The van der Waals surface area contributed by atoms with Crippen molar-refractivity contribution >= 4 is 56.1 Å². The lowest BCUT2D eigenvalue weighted by molar-refractivity contribution is -0.127. The van der Waals surface area contributed by atoms with Crippen LogP contribution in [0, 0.1) is 11.8 Å². The maximum Gasteiger partial charge on any atom is 0.244 e. The number of nitrogens with one attached hydrogen (secondary N) is 2. The van der Waals surface area contributed by atoms with Crippen molar-refractivity contribution in [2.24, 2.45) is 22.0 Å². The maximum atomic E-state index is 12.1. The van der Waals surface area contributed by atoms with Gasteiger partial charge in [-0.1, -0.05) is 68.3 Å². The fraction of sp³-hybridized carbons (Fsp3) is 0.158. The molecule has 0 unspecified atom stereocenters. The van der Waals surface area contributed by atoms with Crippen LogP contribution in [-0.2, 0) is 9.59 Å². The Bertz CT molecular complexity index is 841. The van der Waals surface area contributed by atoms with Gasteiger partial charge in [-0.15, -0.1) is 0 Å². The molecule has 0 aromatic heterocycles. The molecule has 0 saturated heterocycles. The molecule has 0 bridgehead atoms. The Morgan fingerprint density at radius 2 is 1.22 bits per heavy atom. The SMILES string of the molecule is O=C(N/N=C\c1ccccc1Br)[C@H]1C[C@@H]1C(=O)N/N=C\c1ccccc1Br. The van der Waals surface area contributed by atoms with E-state index in [2.05, 4.69) is 52.9 Å². The first kappa shape index (κ1) is 19.4. The van der Waals surface area contributed by atoms with E-state index in [0.29, 0.717) is 6.42 Å². The van der Waals surface area contributed by atoms with Gasteiger partial charge in [0.2, 0.25) is 11.8 Å². The van der Waals surface area contributed by atoms with Gasteiger partial charge in [0.25, 0.3) is 0 Å². The molecule has 3 rings (SSSR count). The monoisotopic (exact) mass is 490 g/mol. The van der Waals surface area contributed by atoms with E-state index in [1.165, 1.54) is 0 Å². The summed E-state index contributed by atoms with van der Waals surface area (Å²) < 4.78 is 1.77. The predicted octanol–water partition coefficient (Wildman–Crippen LogP) is 3.45. The van der Waals surface area contributed by atoms with Gasteiger partial charge in [0.05, 0.1) is 24.3 Å². The average Bonchev–Trinajstić information content (AvgIpc) is 3.46. The molecule has 0 spiro atoms. The first-order chi connectivity index (χ1) is 13.1. The van der Waals surface area contributed by atoms with E-state index in [-0.39, 0.29) is 23.7 Å². The molecule has 1 aliphatic carbocycles. The number of rotatable bonds is 6. The topological polar surface area (TPSA) is 82.9 Å². The fourth-order valence-corrected chi connectivity index (χ4v) is 3.21. The van der Waals surface area contributed by atoms with Crippen molar-refractivity contribution in [1.82, 2.24) is 10.9 Å². The van der Waals surface area contributed by atoms with Crippen LogP contribution in [0.25, 0.3) is 0 Å². The molecule has 0 aliphatic heterocycles. The molecule has 1 fully saturated rings. The van der Waals surface area contributed by atoms with Crippen LogP contribution in [0.5, 0.6) is 0 Å². The van der Waals surface area contributed by atoms with Crippen molar-refractivity contribution in [2.45, 2.75) is 6.42 Å². The van der Waals surface area contributed by atoms with Crippen molar-refractivity contribution < 1.29 is 9.59 Å². The molecule has 1 saturated carbocycles. The molecule has 1 aliphatic rings. The molecule has 0 radical (unpaired) electrons. The number of carbonyl (C=O) groups is 2. The largest absolute Gasteiger partial charge is 0.273 e. The van der Waals surface area contributed by atoms with E-state index < -0.39 is 0 Å². The molecule has 2 amide bonds. The number of hydrazone groups is 2. The zero-order valence-electron chi connectivity index (χ0n) is 14.1. The summed E-state index contributed by atoms with van der Waals surface area (Å²) in [6, 6.07) is 15.1. The molecule has 2 N–H and O–H groups in total. The van der Waals surface area contributed by atoms with Crippen LogP contribution in [0.1, 0.15) is 17.5 Å². The first-order valence-corrected chi connectivity index (χ1v) is 9.80. The Morgan fingerprint density at radius 1 is 0.815 bits per heavy atom. The molecule has 0 heterocycles. The highest BCUT2D eigenvalue weighted by molar-refractivity contribution is 9.10. The second kappa shape index (κ2) is 9.05. The van der Waals surface area contributed by atoms with Gasteiger partial charge in [-0.3, -0.25) is 9.59 Å². The average molecular weight is 492 g/mol. The summed E-state index contributed by atoms with van der Waals surface area (Å²) in [7, 11) is 0. The molecule has 8 heteroatoms. The number of hydrogen-bond acceptors (Lipinski definition) is 4. The lowest BCUT2D eigenvalue weighted by Gasteiger charge is -2.01. The van der Waals surface area contributed by atoms with E-state index in [9.17, 15) is 9.59 Å². The van der Waals surface area contributed by atoms with Gasteiger partial charge in [0.1, 0.15) is 0 Å². The minimum atomic E-state index is -0.375. The van der Waals surface area contributed by atoms with E-state index in [4.69, 9.17) is 0 Å². The number of nitrogens with zero attached hydrogens (tertiary/aromatic N) is 2. The Hall–Kier alpha value is -2.32. The van der Waals surface area contributed by atoms with Crippen molar-refractivity contribution in [3.8, 4) is 0 Å². The van der Waals surface area contributed by atoms with Gasteiger partial charge < -0.3 is 0 Å². The van der Waals surface area contributed by atoms with Crippen molar-refractivity contribution in [1.29, 1.82) is 0 Å². The number of amides is 2. The van der Waals surface area contributed by atoms with Gasteiger partial charge in [-0.25, -0.2) is 10.9 Å². The van der Waals surface area contributed by atoms with Gasteiger partial charge >= 0.3 is 0 Å². The van der Waals surface area contributed by atoms with Gasteiger partial charge in [0, 0.05) is 20.1 Å². The van der Waals surface area contributed by atoms with Gasteiger partial charge in [0.15, 0.2) is 0 Å². The summed E-state index contributed by atoms with van der Waals surface area (Å²) in [5, 5.41) is 7.90. The second-order valence-corrected chi connectivity index (χ2v) is 7.67. The second-order valence-electron chi connectivity index (χ2n) is 5.96. The van der Waals surface area contributed by atoms with Crippen LogP contribution < -0.4 is 10.9 Å². The third-order valence-corrected chi connectivity index (χ3v) is 5.48. The lowest BCUT2D eigenvalue weighted by Crippen LogP contribution is -2.25. The Morgan fingerprint density at radius 3 is 1.63 bits per heavy atom. The zero-order chi connectivity index (χ0) is 19.2. The third-order valence-electron chi connectivity index (χ3n) is 4.03. The molecule has 2 aromatic rings. The van der Waals surface area contributed by atoms with Crippen LogP contribution in [0.2, 0.25) is 0 Å². The quantitative estimate of drug-likeness (QED) is 0.479. The maximum absolute atomic E-state index is 12.1. The predicted molar refractivity (Wildman–Crippen MR) is 111 cm³/mol. The zero-order valence-corrected chi connectivity index (χ0v) is 17.3. The number of hydrogen-bond donors (Lipinski definition) is 2. The van der Waals surface area contributed by atoms with Gasteiger partial charge in [-0.05, 0) is 18.6 Å². The van der Waals surface area contributed by atoms with E-state index in [0.717, 1.165) is 20.1 Å². The number of halogens is 2. The minimum Gasteiger partial charge on any atom is -0.273 e. The summed E-state index contributed by atoms with van der Waals surface area (Å²) in [4.78, 5) is 24.1. The summed E-state index contributed by atoms with van der Waals surface area (Å²) >= 11 is 6.81. The van der Waals surface area contributed by atoms with Crippen LogP contribution >= 0.6 is 31.9 Å². The molecule has 2 aromatic carbocycles. The Kier molecular flexibility index (Phi) is 6.52. The van der Waals surface area contributed by atoms with Crippen LogP contribution in [-0.4, -0.2) is 24.2 Å². The van der Waals surface area contributed by atoms with E-state index in [1.54, 1.807) is 12.4 Å². The molecular weight excluding hydrogens is 476 g/mol. The first-order valence-electron chi connectivity index (χ1n) is 8.21. The molecule has 138 valence electrons.